The summed E-state index contributed by atoms with van der Waals surface area (Å²) in [5, 5.41) is 5.30. The molecule has 15 nitrogen and oxygen atoms in total. The van der Waals surface area contributed by atoms with E-state index in [4.69, 9.17) is 24.2 Å². The highest BCUT2D eigenvalue weighted by Crippen LogP contribution is 2.52. The van der Waals surface area contributed by atoms with Crippen molar-refractivity contribution in [3.8, 4) is 11.6 Å². The van der Waals surface area contributed by atoms with Crippen LogP contribution in [0.15, 0.2) is 18.2 Å². The highest BCUT2D eigenvalue weighted by Gasteiger charge is 2.67. The molecule has 2 aromatic rings. The van der Waals surface area contributed by atoms with Crippen molar-refractivity contribution in [3.05, 3.63) is 23.9 Å². The number of alkyl halides is 2. The van der Waals surface area contributed by atoms with Gasteiger partial charge in [-0.15, -0.1) is 0 Å². The minimum absolute atomic E-state index is 0.142. The summed E-state index contributed by atoms with van der Waals surface area (Å²) in [6.45, 7) is 6.59. The summed E-state index contributed by atoms with van der Waals surface area (Å²) in [6, 6.07) is 2.76. The molecule has 1 unspecified atom stereocenters. The Morgan fingerprint density at radius 2 is 1.77 bits per heavy atom. The summed E-state index contributed by atoms with van der Waals surface area (Å²) in [6.07, 6.45) is 2.09. The first kappa shape index (κ1) is 42.3. The fourth-order valence-corrected chi connectivity index (χ4v) is 11.3. The lowest BCUT2D eigenvalue weighted by Crippen LogP contribution is -2.60. The van der Waals surface area contributed by atoms with Crippen LogP contribution in [0.4, 0.5) is 13.6 Å². The molecule has 0 spiro atoms. The molecule has 8 rings (SSSR count). The molecule has 5 fully saturated rings. The molecule has 1 saturated heterocycles. The number of carbonyl (C=O) groups excluding carboxylic acids is 4. The number of hydrogen-bond donors (Lipinski definition) is 3. The average Bonchev–Trinajstić information content (AvgIpc) is 3.94. The predicted octanol–water partition coefficient (Wildman–Crippen LogP) is 4.80. The molecule has 0 radical (unpaired) electrons. The molecule has 9 atom stereocenters. The van der Waals surface area contributed by atoms with Crippen LogP contribution in [0.3, 0.4) is 0 Å². The number of ether oxygens (including phenoxy) is 3. The maximum absolute atomic E-state index is 14.8. The molecule has 4 aliphatic carbocycles. The van der Waals surface area contributed by atoms with Gasteiger partial charge in [0.05, 0.1) is 35.4 Å². The Morgan fingerprint density at radius 3 is 2.45 bits per heavy atom. The third kappa shape index (κ3) is 7.96. The SMILES string of the molecule is COc1ccc2nc3c(nc2c1)OC1C[C@@H](C(=O)N[C@]2(C(=O)NS(=O)(=O)C4(C)CC4)C[C@H]2C(F)F)N(C1)C(=O)[C@H](C(C)(C)C)NC(=O)O[C@@H]1[C@H]2CC[C@H](C2)[C@H]1CCCCC3. The van der Waals surface area contributed by atoms with Crippen LogP contribution in [0.5, 0.6) is 11.6 Å². The lowest BCUT2D eigenvalue weighted by Gasteiger charge is -2.36. The van der Waals surface area contributed by atoms with E-state index in [2.05, 4.69) is 10.6 Å². The van der Waals surface area contributed by atoms with Gasteiger partial charge in [0.25, 0.3) is 5.91 Å². The van der Waals surface area contributed by atoms with Crippen molar-refractivity contribution in [2.75, 3.05) is 13.7 Å². The van der Waals surface area contributed by atoms with Gasteiger partial charge >= 0.3 is 6.09 Å². The Morgan fingerprint density at radius 1 is 1.02 bits per heavy atom. The maximum atomic E-state index is 14.8. The van der Waals surface area contributed by atoms with Gasteiger partial charge in [-0.3, -0.25) is 19.1 Å². The predicted molar refractivity (Wildman–Crippen MR) is 213 cm³/mol. The molecule has 4 amide bonds. The number of carbonyl (C=O) groups is 4. The zero-order valence-electron chi connectivity index (χ0n) is 34.8. The fraction of sp³-hybridized carbons (Fsp3) is 0.714. The Kier molecular flexibility index (Phi) is 11.0. The van der Waals surface area contributed by atoms with Crippen molar-refractivity contribution in [3.63, 3.8) is 0 Å². The first-order chi connectivity index (χ1) is 28.3. The van der Waals surface area contributed by atoms with E-state index in [1.165, 1.54) is 18.9 Å². The third-order valence-electron chi connectivity index (χ3n) is 14.0. The van der Waals surface area contributed by atoms with Crippen molar-refractivity contribution in [1.82, 2.24) is 30.2 Å². The number of fused-ring (bicyclic) bond motifs is 9. The van der Waals surface area contributed by atoms with E-state index in [0.29, 0.717) is 47.7 Å². The van der Waals surface area contributed by atoms with Crippen LogP contribution in [-0.2, 0) is 35.6 Å². The number of hydrogen-bond acceptors (Lipinski definition) is 11. The summed E-state index contributed by atoms with van der Waals surface area (Å²) in [5.41, 5.74) is -1.40. The molecule has 3 N–H and O–H groups in total. The maximum Gasteiger partial charge on any atom is 0.408 e. The second-order valence-corrected chi connectivity index (χ2v) is 21.4. The number of methoxy groups -OCH3 is 1. The van der Waals surface area contributed by atoms with Crippen LogP contribution >= 0.6 is 0 Å². The zero-order chi connectivity index (χ0) is 42.9. The Balaban J connectivity index is 1.14. The van der Waals surface area contributed by atoms with E-state index in [9.17, 15) is 36.4 Å². The van der Waals surface area contributed by atoms with Crippen LogP contribution in [0.1, 0.15) is 104 Å². The van der Waals surface area contributed by atoms with Gasteiger partial charge in [-0.1, -0.05) is 33.6 Å². The number of aromatic nitrogens is 2. The van der Waals surface area contributed by atoms with Gasteiger partial charge in [-0.05, 0) is 100 Å². The lowest BCUT2D eigenvalue weighted by molar-refractivity contribution is -0.143. The van der Waals surface area contributed by atoms with E-state index < -0.39 is 86.5 Å². The van der Waals surface area contributed by atoms with Crippen LogP contribution in [0.25, 0.3) is 11.0 Å². The zero-order valence-corrected chi connectivity index (χ0v) is 35.6. The molecule has 2 aliphatic heterocycles. The molecule has 3 heterocycles. The van der Waals surface area contributed by atoms with E-state index in [1.807, 2.05) is 10.8 Å². The minimum Gasteiger partial charge on any atom is -0.497 e. The van der Waals surface area contributed by atoms with Gasteiger partial charge in [0, 0.05) is 12.5 Å². The molecule has 328 valence electrons. The molecular weight excluding hydrogens is 803 g/mol. The van der Waals surface area contributed by atoms with Gasteiger partial charge in [-0.2, -0.15) is 0 Å². The monoisotopic (exact) mass is 858 g/mol. The number of aryl methyl sites for hydroxylation is 1. The van der Waals surface area contributed by atoms with Gasteiger partial charge in [0.1, 0.15) is 41.3 Å². The van der Waals surface area contributed by atoms with Gasteiger partial charge < -0.3 is 29.7 Å². The summed E-state index contributed by atoms with van der Waals surface area (Å²) in [5.74, 6) is -2.83. The summed E-state index contributed by atoms with van der Waals surface area (Å²) >= 11 is 0. The topological polar surface area (TPSA) is 195 Å². The van der Waals surface area contributed by atoms with E-state index in [1.54, 1.807) is 32.9 Å². The van der Waals surface area contributed by atoms with Crippen LogP contribution in [0.2, 0.25) is 0 Å². The van der Waals surface area contributed by atoms with Gasteiger partial charge in [-0.25, -0.2) is 32.0 Å². The molecule has 1 aromatic heterocycles. The number of alkyl carbamates (subject to hydrolysis) is 1. The quantitative estimate of drug-likeness (QED) is 0.346. The number of nitrogens with one attached hydrogen (secondary N) is 3. The number of rotatable bonds is 7. The number of amides is 4. The third-order valence-corrected chi connectivity index (χ3v) is 16.2. The first-order valence-electron chi connectivity index (χ1n) is 21.3. The van der Waals surface area contributed by atoms with Gasteiger partial charge in [0.15, 0.2) is 0 Å². The van der Waals surface area contributed by atoms with E-state index in [0.717, 1.165) is 44.9 Å². The first-order valence-corrected chi connectivity index (χ1v) is 22.8. The molecule has 60 heavy (non-hydrogen) atoms. The lowest BCUT2D eigenvalue weighted by atomic mass is 9.82. The molecular formula is C42H56F2N6O9S. The second kappa shape index (κ2) is 15.5. The molecule has 4 bridgehead atoms. The Bertz CT molecular complexity index is 2170. The standard InChI is InChI=1S/C42H56F2N6O9S/c1-40(2,3)33-37(52)50-21-25(19-31(50)35(51)48-42(20-27(42)34(43)44)38(53)49-60(55,56)41(4)15-16-41)58-36-29(45-28-14-13-24(57-5)18-30(28)46-36)10-8-6-7-9-26-22-11-12-23(17-22)32(26)59-39(54)47-33/h13-14,18,22-23,25-27,31-34H,6-12,15-17,19-21H2,1-5H3,(H,47,54)(H,48,51)(H,49,53)/t22-,23+,25?,26-,27+,31+,32-,33-,42-/m1/s1. The minimum atomic E-state index is -4.24. The normalized spacial score (nSPS) is 32.8. The largest absolute Gasteiger partial charge is 0.497 e. The Hall–Kier alpha value is -4.35. The van der Waals surface area contributed by atoms with E-state index >= 15 is 0 Å². The average molecular weight is 859 g/mol. The molecule has 4 saturated carbocycles. The smallest absolute Gasteiger partial charge is 0.408 e. The van der Waals surface area contributed by atoms with Crippen molar-refractivity contribution in [2.45, 2.75) is 146 Å². The van der Waals surface area contributed by atoms with Crippen LogP contribution in [-0.4, -0.2) is 102 Å². The number of halogens is 2. The molecule has 6 aliphatic rings. The van der Waals surface area contributed by atoms with Gasteiger partial charge in [0.2, 0.25) is 34.1 Å². The van der Waals surface area contributed by atoms with Crippen molar-refractivity contribution in [2.24, 2.45) is 29.1 Å². The summed E-state index contributed by atoms with van der Waals surface area (Å²) in [4.78, 5) is 67.7. The van der Waals surface area contributed by atoms with Crippen LogP contribution < -0.4 is 24.8 Å². The van der Waals surface area contributed by atoms with Crippen molar-refractivity contribution < 1.29 is 50.6 Å². The number of sulfonamides is 1. The summed E-state index contributed by atoms with van der Waals surface area (Å²) < 4.78 is 73.6. The molecule has 18 heteroatoms. The fourth-order valence-electron chi connectivity index (χ4n) is 9.99. The van der Waals surface area contributed by atoms with Crippen LogP contribution in [0, 0.1) is 29.1 Å². The highest BCUT2D eigenvalue weighted by molar-refractivity contribution is 7.91. The second-order valence-electron chi connectivity index (χ2n) is 19.2. The Labute approximate surface area is 348 Å². The summed E-state index contributed by atoms with van der Waals surface area (Å²) in [7, 11) is -2.70. The van der Waals surface area contributed by atoms with E-state index in [-0.39, 0.29) is 36.8 Å². The number of nitrogens with zero attached hydrogens (tertiary/aromatic N) is 3. The van der Waals surface area contributed by atoms with Crippen molar-refractivity contribution in [1.29, 1.82) is 0 Å². The highest BCUT2D eigenvalue weighted by atomic mass is 32.2. The number of benzene rings is 1. The molecule has 1 aromatic carbocycles. The van der Waals surface area contributed by atoms with Crippen molar-refractivity contribution >= 4 is 44.9 Å².